The highest BCUT2D eigenvalue weighted by atomic mass is 16.5. The van der Waals surface area contributed by atoms with Crippen molar-refractivity contribution in [1.82, 2.24) is 0 Å². The molecule has 1 aliphatic rings. The number of hydrogen-bond donors (Lipinski definition) is 2. The zero-order valence-corrected chi connectivity index (χ0v) is 21.0. The van der Waals surface area contributed by atoms with Gasteiger partial charge in [0.2, 0.25) is 0 Å². The third kappa shape index (κ3) is 5.48. The van der Waals surface area contributed by atoms with Crippen LogP contribution in [0.25, 0.3) is 0 Å². The lowest BCUT2D eigenvalue weighted by molar-refractivity contribution is 0.307. The molecule has 1 atom stereocenters. The Hall–Kier alpha value is -2.62. The van der Waals surface area contributed by atoms with E-state index in [1.807, 2.05) is 12.1 Å². The smallest absolute Gasteiger partial charge is 0.142 e. The lowest BCUT2D eigenvalue weighted by Crippen LogP contribution is -2.23. The maximum Gasteiger partial charge on any atom is 0.142 e. The summed E-state index contributed by atoms with van der Waals surface area (Å²) >= 11 is 0. The number of nitrogens with two attached hydrogens (primary N) is 2. The number of unbranched alkanes of at least 4 members (excludes halogenated alkanes) is 4. The van der Waals surface area contributed by atoms with Crippen molar-refractivity contribution in [2.75, 3.05) is 24.7 Å². The van der Waals surface area contributed by atoms with Crippen LogP contribution in [0.5, 0.6) is 11.5 Å². The second-order valence-electron chi connectivity index (χ2n) is 10.3. The molecule has 3 rings (SSSR count). The third-order valence-electron chi connectivity index (χ3n) is 6.98. The SMILES string of the molecule is C=CCCCCOc1ccc(C2(C)CC(C)(C)c3cc(N)c(OCCCCC)cc32)cc1N. The minimum atomic E-state index is -0.176. The summed E-state index contributed by atoms with van der Waals surface area (Å²) in [6, 6.07) is 10.6. The van der Waals surface area contributed by atoms with Crippen LogP contribution >= 0.6 is 0 Å². The fourth-order valence-corrected chi connectivity index (χ4v) is 5.20. The lowest BCUT2D eigenvalue weighted by Gasteiger charge is -2.29. The number of allylic oxidation sites excluding steroid dienone is 1. The molecule has 4 heteroatoms. The van der Waals surface area contributed by atoms with Gasteiger partial charge in [-0.3, -0.25) is 0 Å². The van der Waals surface area contributed by atoms with Gasteiger partial charge in [0.15, 0.2) is 0 Å². The summed E-state index contributed by atoms with van der Waals surface area (Å²) in [6.45, 7) is 14.2. The quantitative estimate of drug-likeness (QED) is 0.205. The van der Waals surface area contributed by atoms with E-state index in [9.17, 15) is 0 Å². The van der Waals surface area contributed by atoms with Gasteiger partial charge < -0.3 is 20.9 Å². The molecule has 1 unspecified atom stereocenters. The summed E-state index contributed by atoms with van der Waals surface area (Å²) in [5, 5.41) is 0. The number of benzene rings is 2. The highest BCUT2D eigenvalue weighted by Crippen LogP contribution is 2.55. The van der Waals surface area contributed by atoms with E-state index in [0.29, 0.717) is 18.9 Å². The predicted molar refractivity (Wildman–Crippen MR) is 140 cm³/mol. The van der Waals surface area contributed by atoms with Gasteiger partial charge in [-0.1, -0.05) is 52.7 Å². The van der Waals surface area contributed by atoms with Crippen LogP contribution in [0.2, 0.25) is 0 Å². The van der Waals surface area contributed by atoms with E-state index in [-0.39, 0.29) is 10.8 Å². The van der Waals surface area contributed by atoms with E-state index >= 15 is 0 Å². The van der Waals surface area contributed by atoms with Crippen LogP contribution in [0.15, 0.2) is 43.0 Å². The number of nitrogen functional groups attached to an aromatic ring is 2. The van der Waals surface area contributed by atoms with Gasteiger partial charge in [-0.2, -0.15) is 0 Å². The molecule has 33 heavy (non-hydrogen) atoms. The Morgan fingerprint density at radius 3 is 2.21 bits per heavy atom. The van der Waals surface area contributed by atoms with Crippen molar-refractivity contribution in [2.45, 2.75) is 83.5 Å². The standard InChI is InChI=1S/C29H42N2O2/c1-6-8-10-12-16-32-26-14-13-21(17-24(26)30)29(5)20-28(3,4)22-18-25(31)27(19-23(22)29)33-15-11-9-7-2/h6,13-14,17-19H,1,7-12,15-16,20,30-31H2,2-5H3. The zero-order chi connectivity index (χ0) is 24.1. The molecule has 0 amide bonds. The molecule has 0 spiro atoms. The summed E-state index contributed by atoms with van der Waals surface area (Å²) in [6.07, 6.45) is 9.39. The second-order valence-corrected chi connectivity index (χ2v) is 10.3. The Morgan fingerprint density at radius 1 is 0.879 bits per heavy atom. The fourth-order valence-electron chi connectivity index (χ4n) is 5.20. The number of hydrogen-bond acceptors (Lipinski definition) is 4. The normalized spacial score (nSPS) is 18.7. The maximum atomic E-state index is 6.44. The molecule has 2 aromatic rings. The monoisotopic (exact) mass is 450 g/mol. The molecule has 2 aromatic carbocycles. The van der Waals surface area contributed by atoms with Gasteiger partial charge in [0.25, 0.3) is 0 Å². The summed E-state index contributed by atoms with van der Waals surface area (Å²) < 4.78 is 12.0. The average molecular weight is 451 g/mol. The molecule has 0 bridgehead atoms. The molecular weight excluding hydrogens is 408 g/mol. The van der Waals surface area contributed by atoms with E-state index in [1.54, 1.807) is 0 Å². The molecular formula is C29H42N2O2. The molecule has 1 aliphatic carbocycles. The van der Waals surface area contributed by atoms with Gasteiger partial charge in [-0.05, 0) is 78.5 Å². The molecule has 0 fully saturated rings. The van der Waals surface area contributed by atoms with Gasteiger partial charge in [0.05, 0.1) is 24.6 Å². The highest BCUT2D eigenvalue weighted by Gasteiger charge is 2.46. The van der Waals surface area contributed by atoms with Crippen molar-refractivity contribution in [3.8, 4) is 11.5 Å². The lowest BCUT2D eigenvalue weighted by atomic mass is 9.75. The van der Waals surface area contributed by atoms with Crippen molar-refractivity contribution >= 4 is 11.4 Å². The molecule has 0 radical (unpaired) electrons. The molecule has 4 N–H and O–H groups in total. The molecule has 0 saturated heterocycles. The highest BCUT2D eigenvalue weighted by molar-refractivity contribution is 5.65. The molecule has 0 saturated carbocycles. The van der Waals surface area contributed by atoms with E-state index in [2.05, 4.69) is 58.5 Å². The van der Waals surface area contributed by atoms with Crippen molar-refractivity contribution in [3.63, 3.8) is 0 Å². The molecule has 0 aliphatic heterocycles. The van der Waals surface area contributed by atoms with E-state index in [0.717, 1.165) is 55.7 Å². The van der Waals surface area contributed by atoms with Gasteiger partial charge in [-0.15, -0.1) is 6.58 Å². The number of fused-ring (bicyclic) bond motifs is 1. The predicted octanol–water partition coefficient (Wildman–Crippen LogP) is 7.14. The minimum absolute atomic E-state index is 0.00797. The fraction of sp³-hybridized carbons (Fsp3) is 0.517. The van der Waals surface area contributed by atoms with Gasteiger partial charge in [0, 0.05) is 5.41 Å². The van der Waals surface area contributed by atoms with Crippen molar-refractivity contribution in [1.29, 1.82) is 0 Å². The van der Waals surface area contributed by atoms with Crippen molar-refractivity contribution in [3.05, 3.63) is 59.7 Å². The van der Waals surface area contributed by atoms with E-state index < -0.39 is 0 Å². The molecule has 180 valence electrons. The first kappa shape index (κ1) is 25.0. The number of rotatable bonds is 12. The number of anilines is 2. The van der Waals surface area contributed by atoms with Crippen molar-refractivity contribution < 1.29 is 9.47 Å². The van der Waals surface area contributed by atoms with Crippen LogP contribution in [-0.4, -0.2) is 13.2 Å². The molecule has 0 heterocycles. The summed E-state index contributed by atoms with van der Waals surface area (Å²) in [7, 11) is 0. The third-order valence-corrected chi connectivity index (χ3v) is 6.98. The maximum absolute atomic E-state index is 6.44. The summed E-state index contributed by atoms with van der Waals surface area (Å²) in [4.78, 5) is 0. The van der Waals surface area contributed by atoms with Crippen LogP contribution in [-0.2, 0) is 10.8 Å². The Bertz CT molecular complexity index is 966. The van der Waals surface area contributed by atoms with Gasteiger partial charge in [-0.25, -0.2) is 0 Å². The Labute approximate surface area is 200 Å². The molecule has 4 nitrogen and oxygen atoms in total. The Balaban J connectivity index is 1.86. The minimum Gasteiger partial charge on any atom is -0.491 e. The van der Waals surface area contributed by atoms with Crippen LogP contribution in [0.3, 0.4) is 0 Å². The number of ether oxygens (including phenoxy) is 2. The first-order valence-electron chi connectivity index (χ1n) is 12.4. The second kappa shape index (κ2) is 10.5. The Kier molecular flexibility index (Phi) is 7.99. The van der Waals surface area contributed by atoms with E-state index in [1.165, 1.54) is 23.1 Å². The zero-order valence-electron chi connectivity index (χ0n) is 21.0. The van der Waals surface area contributed by atoms with Crippen LogP contribution in [0.1, 0.15) is 89.3 Å². The van der Waals surface area contributed by atoms with Crippen LogP contribution in [0.4, 0.5) is 11.4 Å². The first-order chi connectivity index (χ1) is 15.7. The van der Waals surface area contributed by atoms with Gasteiger partial charge in [0.1, 0.15) is 11.5 Å². The molecule has 0 aromatic heterocycles. The first-order valence-corrected chi connectivity index (χ1v) is 12.4. The van der Waals surface area contributed by atoms with Crippen molar-refractivity contribution in [2.24, 2.45) is 0 Å². The topological polar surface area (TPSA) is 70.5 Å². The summed E-state index contributed by atoms with van der Waals surface area (Å²) in [5.74, 6) is 1.55. The van der Waals surface area contributed by atoms with Crippen LogP contribution in [0, 0.1) is 0 Å². The average Bonchev–Trinajstić information content (AvgIpc) is 2.97. The largest absolute Gasteiger partial charge is 0.491 e. The van der Waals surface area contributed by atoms with Gasteiger partial charge >= 0.3 is 0 Å². The van der Waals surface area contributed by atoms with E-state index in [4.69, 9.17) is 20.9 Å². The summed E-state index contributed by atoms with van der Waals surface area (Å²) in [5.41, 5.74) is 17.9. The Morgan fingerprint density at radius 2 is 1.55 bits per heavy atom. The van der Waals surface area contributed by atoms with Crippen LogP contribution < -0.4 is 20.9 Å².